The molecule has 0 spiro atoms. The van der Waals surface area contributed by atoms with E-state index in [1.807, 2.05) is 47.6 Å². The fourth-order valence-corrected chi connectivity index (χ4v) is 3.57. The molecule has 0 saturated carbocycles. The fraction of sp³-hybridized carbons (Fsp3) is 0.550. The number of nitrogens with one attached hydrogen (secondary N) is 1. The zero-order valence-electron chi connectivity index (χ0n) is 15.7. The number of likely N-dealkylation sites (tertiary alicyclic amines) is 1. The molecule has 2 amide bonds. The van der Waals surface area contributed by atoms with Crippen LogP contribution in [0.25, 0.3) is 11.0 Å². The van der Waals surface area contributed by atoms with Crippen LogP contribution >= 0.6 is 0 Å². The van der Waals surface area contributed by atoms with Gasteiger partial charge >= 0.3 is 0 Å². The zero-order valence-corrected chi connectivity index (χ0v) is 15.7. The van der Waals surface area contributed by atoms with Gasteiger partial charge in [-0.05, 0) is 44.7 Å². The molecule has 1 fully saturated rings. The number of benzene rings is 1. The maximum absolute atomic E-state index is 12.8. The van der Waals surface area contributed by atoms with Gasteiger partial charge in [0.15, 0.2) is 0 Å². The standard InChI is InChI=1S/C20H28N4O2/c1-3-9-18(25)21-15(2)20-22-16-10-5-6-11-17(16)24(20)14-19(26)23-12-7-4-8-13-23/h5-6,10-11,15H,3-4,7-9,12-14H2,1-2H3,(H,21,25). The van der Waals surface area contributed by atoms with Crippen LogP contribution in [0.3, 0.4) is 0 Å². The summed E-state index contributed by atoms with van der Waals surface area (Å²) in [6, 6.07) is 7.58. The molecule has 1 aromatic heterocycles. The number of carbonyl (C=O) groups excluding carboxylic acids is 2. The highest BCUT2D eigenvalue weighted by Crippen LogP contribution is 2.22. The first-order chi connectivity index (χ1) is 12.6. The van der Waals surface area contributed by atoms with E-state index >= 15 is 0 Å². The Hall–Kier alpha value is -2.37. The Morgan fingerprint density at radius 2 is 1.92 bits per heavy atom. The third-order valence-electron chi connectivity index (χ3n) is 4.93. The van der Waals surface area contributed by atoms with Crippen molar-refractivity contribution in [3.8, 4) is 0 Å². The van der Waals surface area contributed by atoms with Crippen LogP contribution in [0.2, 0.25) is 0 Å². The first-order valence-electron chi connectivity index (χ1n) is 9.62. The van der Waals surface area contributed by atoms with Gasteiger partial charge < -0.3 is 14.8 Å². The molecule has 2 aromatic rings. The van der Waals surface area contributed by atoms with Crippen molar-refractivity contribution in [3.63, 3.8) is 0 Å². The van der Waals surface area contributed by atoms with Crippen LogP contribution in [0, 0.1) is 0 Å². The molecule has 0 radical (unpaired) electrons. The summed E-state index contributed by atoms with van der Waals surface area (Å²) in [6.45, 7) is 5.85. The summed E-state index contributed by atoms with van der Waals surface area (Å²) in [6.07, 6.45) is 4.66. The lowest BCUT2D eigenvalue weighted by atomic mass is 10.1. The Kier molecular flexibility index (Phi) is 5.91. The van der Waals surface area contributed by atoms with E-state index in [1.54, 1.807) is 0 Å². The summed E-state index contributed by atoms with van der Waals surface area (Å²) in [5.74, 6) is 0.878. The fourth-order valence-electron chi connectivity index (χ4n) is 3.57. The molecule has 1 saturated heterocycles. The molecule has 1 N–H and O–H groups in total. The molecule has 0 bridgehead atoms. The first-order valence-corrected chi connectivity index (χ1v) is 9.62. The van der Waals surface area contributed by atoms with Crippen LogP contribution < -0.4 is 5.32 Å². The maximum Gasteiger partial charge on any atom is 0.242 e. The molecule has 1 aliphatic rings. The molecule has 0 aliphatic carbocycles. The van der Waals surface area contributed by atoms with Crippen LogP contribution in [0.15, 0.2) is 24.3 Å². The zero-order chi connectivity index (χ0) is 18.5. The number of carbonyl (C=O) groups is 2. The van der Waals surface area contributed by atoms with Gasteiger partial charge in [0.2, 0.25) is 11.8 Å². The Bertz CT molecular complexity index is 777. The molecule has 1 unspecified atom stereocenters. The van der Waals surface area contributed by atoms with Crippen LogP contribution in [-0.4, -0.2) is 39.4 Å². The molecule has 3 rings (SSSR count). The van der Waals surface area contributed by atoms with E-state index in [0.717, 1.165) is 49.2 Å². The van der Waals surface area contributed by atoms with Crippen molar-refractivity contribution in [1.29, 1.82) is 0 Å². The number of amides is 2. The average Bonchev–Trinajstić information content (AvgIpc) is 3.01. The molecule has 1 atom stereocenters. The summed E-state index contributed by atoms with van der Waals surface area (Å²) in [4.78, 5) is 31.4. The van der Waals surface area contributed by atoms with E-state index in [0.29, 0.717) is 6.42 Å². The second-order valence-electron chi connectivity index (χ2n) is 7.03. The lowest BCUT2D eigenvalue weighted by Crippen LogP contribution is -2.38. The van der Waals surface area contributed by atoms with Gasteiger partial charge in [0.25, 0.3) is 0 Å². The third-order valence-corrected chi connectivity index (χ3v) is 4.93. The lowest BCUT2D eigenvalue weighted by molar-refractivity contribution is -0.132. The highest BCUT2D eigenvalue weighted by Gasteiger charge is 2.22. The van der Waals surface area contributed by atoms with Gasteiger partial charge in [0, 0.05) is 19.5 Å². The number of hydrogen-bond donors (Lipinski definition) is 1. The van der Waals surface area contributed by atoms with Crippen LogP contribution in [0.5, 0.6) is 0 Å². The predicted octanol–water partition coefficient (Wildman–Crippen LogP) is 3.03. The summed E-state index contributed by atoms with van der Waals surface area (Å²) in [7, 11) is 0. The Morgan fingerprint density at radius 1 is 1.19 bits per heavy atom. The van der Waals surface area contributed by atoms with Crippen molar-refractivity contribution in [2.45, 2.75) is 58.5 Å². The van der Waals surface area contributed by atoms with Gasteiger partial charge in [-0.25, -0.2) is 4.98 Å². The van der Waals surface area contributed by atoms with Crippen molar-refractivity contribution < 1.29 is 9.59 Å². The number of nitrogens with zero attached hydrogens (tertiary/aromatic N) is 3. The molecule has 1 aliphatic heterocycles. The SMILES string of the molecule is CCCC(=O)NC(C)c1nc2ccccc2n1CC(=O)N1CCCCC1. The van der Waals surface area contributed by atoms with Crippen LogP contribution in [0.1, 0.15) is 57.8 Å². The molecule has 1 aromatic carbocycles. The molecule has 26 heavy (non-hydrogen) atoms. The van der Waals surface area contributed by atoms with Gasteiger partial charge in [-0.2, -0.15) is 0 Å². The van der Waals surface area contributed by atoms with Crippen LogP contribution in [-0.2, 0) is 16.1 Å². The van der Waals surface area contributed by atoms with E-state index in [1.165, 1.54) is 6.42 Å². The van der Waals surface area contributed by atoms with Crippen molar-refractivity contribution in [1.82, 2.24) is 19.8 Å². The topological polar surface area (TPSA) is 67.2 Å². The normalized spacial score (nSPS) is 15.8. The lowest BCUT2D eigenvalue weighted by Gasteiger charge is -2.27. The van der Waals surface area contributed by atoms with Crippen molar-refractivity contribution >= 4 is 22.8 Å². The molecule has 6 heteroatoms. The minimum absolute atomic E-state index is 0.0148. The Balaban J connectivity index is 1.86. The van der Waals surface area contributed by atoms with E-state index in [4.69, 9.17) is 4.98 Å². The number of hydrogen-bond acceptors (Lipinski definition) is 3. The summed E-state index contributed by atoms with van der Waals surface area (Å²) < 4.78 is 1.96. The van der Waals surface area contributed by atoms with Gasteiger partial charge in [-0.3, -0.25) is 9.59 Å². The largest absolute Gasteiger partial charge is 0.346 e. The summed E-state index contributed by atoms with van der Waals surface area (Å²) in [5.41, 5.74) is 1.79. The van der Waals surface area contributed by atoms with Gasteiger partial charge in [0.05, 0.1) is 17.1 Å². The first kappa shape index (κ1) is 18.4. The van der Waals surface area contributed by atoms with Crippen molar-refractivity contribution in [2.24, 2.45) is 0 Å². The van der Waals surface area contributed by atoms with Gasteiger partial charge in [-0.15, -0.1) is 0 Å². The number of imidazole rings is 1. The maximum atomic E-state index is 12.8. The Labute approximate surface area is 154 Å². The van der Waals surface area contributed by atoms with Gasteiger partial charge in [-0.1, -0.05) is 19.1 Å². The van der Waals surface area contributed by atoms with Crippen molar-refractivity contribution in [2.75, 3.05) is 13.1 Å². The molecule has 2 heterocycles. The van der Waals surface area contributed by atoms with E-state index in [2.05, 4.69) is 5.32 Å². The predicted molar refractivity (Wildman–Crippen MR) is 102 cm³/mol. The highest BCUT2D eigenvalue weighted by atomic mass is 16.2. The molecular formula is C20H28N4O2. The number of fused-ring (bicyclic) bond motifs is 1. The second-order valence-corrected chi connectivity index (χ2v) is 7.03. The average molecular weight is 356 g/mol. The minimum Gasteiger partial charge on any atom is -0.346 e. The Morgan fingerprint density at radius 3 is 2.65 bits per heavy atom. The highest BCUT2D eigenvalue weighted by molar-refractivity contribution is 5.82. The number of para-hydroxylation sites is 2. The second kappa shape index (κ2) is 8.34. The quantitative estimate of drug-likeness (QED) is 0.865. The number of aromatic nitrogens is 2. The van der Waals surface area contributed by atoms with Crippen molar-refractivity contribution in [3.05, 3.63) is 30.1 Å². The van der Waals surface area contributed by atoms with Crippen LogP contribution in [0.4, 0.5) is 0 Å². The van der Waals surface area contributed by atoms with E-state index < -0.39 is 0 Å². The molecular weight excluding hydrogens is 328 g/mol. The summed E-state index contributed by atoms with van der Waals surface area (Å²) in [5, 5.41) is 3.00. The number of piperidine rings is 1. The van der Waals surface area contributed by atoms with Gasteiger partial charge in [0.1, 0.15) is 12.4 Å². The molecule has 6 nitrogen and oxygen atoms in total. The van der Waals surface area contributed by atoms with E-state index in [-0.39, 0.29) is 24.4 Å². The smallest absolute Gasteiger partial charge is 0.242 e. The summed E-state index contributed by atoms with van der Waals surface area (Å²) >= 11 is 0. The number of rotatable bonds is 6. The monoisotopic (exact) mass is 356 g/mol. The third kappa shape index (κ3) is 4.06. The molecule has 140 valence electrons. The van der Waals surface area contributed by atoms with E-state index in [9.17, 15) is 9.59 Å². The minimum atomic E-state index is -0.240.